The van der Waals surface area contributed by atoms with E-state index in [0.717, 1.165) is 54.8 Å². The highest BCUT2D eigenvalue weighted by Crippen LogP contribution is 2.24. The predicted octanol–water partition coefficient (Wildman–Crippen LogP) is 3.33. The number of rotatable bonds is 4. The summed E-state index contributed by atoms with van der Waals surface area (Å²) >= 11 is 3.49. The molecule has 0 aliphatic carbocycles. The fourth-order valence-electron chi connectivity index (χ4n) is 3.50. The highest BCUT2D eigenvalue weighted by atomic mass is 79.9. The minimum Gasteiger partial charge on any atom is -0.359 e. The summed E-state index contributed by atoms with van der Waals surface area (Å²) < 4.78 is 0.856. The minimum absolute atomic E-state index is 0.138. The van der Waals surface area contributed by atoms with Crippen LogP contribution in [0.4, 0.5) is 0 Å². The number of fused-ring (bicyclic) bond motifs is 1. The number of benzene rings is 1. The number of aromatic amines is 1. The van der Waals surface area contributed by atoms with E-state index in [0.29, 0.717) is 0 Å². The number of hydrogen-bond donors (Lipinski definition) is 1. The number of aromatic nitrogens is 2. The van der Waals surface area contributed by atoms with Gasteiger partial charge in [-0.1, -0.05) is 18.2 Å². The quantitative estimate of drug-likeness (QED) is 0.668. The molecule has 6 heteroatoms. The normalized spacial score (nSPS) is 15.5. The second kappa shape index (κ2) is 7.60. The molecule has 1 aromatic carbocycles. The summed E-state index contributed by atoms with van der Waals surface area (Å²) in [5.41, 5.74) is 3.14. The lowest BCUT2D eigenvalue weighted by Gasteiger charge is -2.34. The Morgan fingerprint density at radius 1 is 1.12 bits per heavy atom. The van der Waals surface area contributed by atoms with Crippen molar-refractivity contribution in [1.82, 2.24) is 19.8 Å². The van der Waals surface area contributed by atoms with E-state index in [2.05, 4.69) is 43.1 Å². The lowest BCUT2D eigenvalue weighted by molar-refractivity contribution is 0.0638. The van der Waals surface area contributed by atoms with Crippen LogP contribution in [0.2, 0.25) is 0 Å². The summed E-state index contributed by atoms with van der Waals surface area (Å²) in [6.07, 6.45) is 4.90. The fourth-order valence-corrected chi connectivity index (χ4v) is 3.95. The van der Waals surface area contributed by atoms with Gasteiger partial charge in [-0.15, -0.1) is 0 Å². The maximum absolute atomic E-state index is 12.5. The molecular weight excluding hydrogens is 392 g/mol. The van der Waals surface area contributed by atoms with E-state index in [1.807, 2.05) is 41.4 Å². The predicted molar refractivity (Wildman–Crippen MR) is 106 cm³/mol. The van der Waals surface area contributed by atoms with Crippen LogP contribution in [0.1, 0.15) is 15.9 Å². The van der Waals surface area contributed by atoms with Crippen molar-refractivity contribution in [3.8, 4) is 0 Å². The molecule has 0 bridgehead atoms. The van der Waals surface area contributed by atoms with Gasteiger partial charge in [0.1, 0.15) is 4.60 Å². The Kier molecular flexibility index (Phi) is 5.04. The Labute approximate surface area is 161 Å². The molecule has 2 aromatic heterocycles. The van der Waals surface area contributed by atoms with Crippen molar-refractivity contribution in [3.05, 3.63) is 64.5 Å². The Morgan fingerprint density at radius 3 is 2.65 bits per heavy atom. The van der Waals surface area contributed by atoms with Crippen LogP contribution in [-0.4, -0.2) is 58.4 Å². The number of H-pyrrole nitrogens is 1. The van der Waals surface area contributed by atoms with Crippen molar-refractivity contribution in [2.24, 2.45) is 0 Å². The van der Waals surface area contributed by atoms with Crippen molar-refractivity contribution >= 4 is 32.7 Å². The number of piperazine rings is 1. The van der Waals surface area contributed by atoms with E-state index in [1.54, 1.807) is 0 Å². The largest absolute Gasteiger partial charge is 0.359 e. The zero-order valence-electron chi connectivity index (χ0n) is 14.5. The summed E-state index contributed by atoms with van der Waals surface area (Å²) in [5, 5.41) is 1.23. The third-order valence-corrected chi connectivity index (χ3v) is 5.62. The first-order chi connectivity index (χ1) is 12.7. The highest BCUT2D eigenvalue weighted by Gasteiger charge is 2.22. The minimum atomic E-state index is 0.138. The molecule has 0 atom stereocenters. The molecule has 0 unspecified atom stereocenters. The molecule has 1 saturated heterocycles. The van der Waals surface area contributed by atoms with Crippen molar-refractivity contribution in [3.63, 3.8) is 0 Å². The number of hydrogen-bond acceptors (Lipinski definition) is 3. The van der Waals surface area contributed by atoms with Crippen LogP contribution in [0.3, 0.4) is 0 Å². The molecule has 1 aliphatic rings. The van der Waals surface area contributed by atoms with Crippen molar-refractivity contribution in [2.75, 3.05) is 32.7 Å². The molecule has 0 spiro atoms. The molecule has 1 amide bonds. The molecular formula is C20H21BrN4O. The van der Waals surface area contributed by atoms with Gasteiger partial charge in [0.25, 0.3) is 5.91 Å². The second-order valence-electron chi connectivity index (χ2n) is 6.59. The lowest BCUT2D eigenvalue weighted by Crippen LogP contribution is -2.49. The van der Waals surface area contributed by atoms with Gasteiger partial charge in [0.2, 0.25) is 0 Å². The van der Waals surface area contributed by atoms with Crippen LogP contribution in [-0.2, 0) is 6.42 Å². The van der Waals surface area contributed by atoms with E-state index >= 15 is 0 Å². The molecule has 4 rings (SSSR count). The molecule has 3 aromatic rings. The van der Waals surface area contributed by atoms with Crippen molar-refractivity contribution in [1.29, 1.82) is 0 Å². The number of carbonyl (C=O) groups excluding carboxylic acids is 1. The highest BCUT2D eigenvalue weighted by molar-refractivity contribution is 9.10. The first kappa shape index (κ1) is 17.2. The molecule has 0 radical (unpaired) electrons. The maximum Gasteiger partial charge on any atom is 0.253 e. The van der Waals surface area contributed by atoms with E-state index in [9.17, 15) is 4.79 Å². The molecule has 0 saturated carbocycles. The van der Waals surface area contributed by atoms with E-state index in [1.165, 1.54) is 10.9 Å². The van der Waals surface area contributed by atoms with Crippen molar-refractivity contribution < 1.29 is 4.79 Å². The zero-order chi connectivity index (χ0) is 17.9. The van der Waals surface area contributed by atoms with Gasteiger partial charge in [-0.05, 0) is 46.1 Å². The second-order valence-corrected chi connectivity index (χ2v) is 7.34. The summed E-state index contributed by atoms with van der Waals surface area (Å²) in [5.74, 6) is 0.138. The zero-order valence-corrected chi connectivity index (χ0v) is 16.1. The van der Waals surface area contributed by atoms with E-state index in [4.69, 9.17) is 0 Å². The van der Waals surface area contributed by atoms with Crippen LogP contribution in [0.15, 0.2) is 53.4 Å². The summed E-state index contributed by atoms with van der Waals surface area (Å²) in [6, 6.07) is 11.6. The van der Waals surface area contributed by atoms with E-state index < -0.39 is 0 Å². The average molecular weight is 413 g/mol. The molecule has 3 heterocycles. The Hall–Kier alpha value is -2.18. The molecule has 5 nitrogen and oxygen atoms in total. The van der Waals surface area contributed by atoms with Gasteiger partial charge in [0, 0.05) is 56.1 Å². The summed E-state index contributed by atoms with van der Waals surface area (Å²) in [4.78, 5) is 24.5. The first-order valence-electron chi connectivity index (χ1n) is 8.89. The standard InChI is InChI=1S/C20H21BrN4O/c21-19-18-17(6-8-22-19)16(14-23-18)7-9-24-10-12-25(13-11-24)20(26)15-4-2-1-3-5-15/h1-6,8,14,23H,7,9-13H2. The Bertz CT molecular complexity index is 901. The maximum atomic E-state index is 12.5. The SMILES string of the molecule is O=C(c1ccccc1)N1CCN(CCc2c[nH]c3c(Br)nccc23)CC1. The smallest absolute Gasteiger partial charge is 0.253 e. The van der Waals surface area contributed by atoms with Crippen LogP contribution >= 0.6 is 15.9 Å². The van der Waals surface area contributed by atoms with Gasteiger partial charge < -0.3 is 9.88 Å². The summed E-state index contributed by atoms with van der Waals surface area (Å²) in [6.45, 7) is 4.42. The monoisotopic (exact) mass is 412 g/mol. The first-order valence-corrected chi connectivity index (χ1v) is 9.69. The van der Waals surface area contributed by atoms with Crippen LogP contribution in [0, 0.1) is 0 Å². The van der Waals surface area contributed by atoms with E-state index in [-0.39, 0.29) is 5.91 Å². The Balaban J connectivity index is 1.33. The lowest BCUT2D eigenvalue weighted by atomic mass is 10.1. The van der Waals surface area contributed by atoms with Gasteiger partial charge >= 0.3 is 0 Å². The number of nitrogens with one attached hydrogen (secondary N) is 1. The van der Waals surface area contributed by atoms with Gasteiger partial charge in [-0.3, -0.25) is 9.69 Å². The average Bonchev–Trinajstić information content (AvgIpc) is 3.11. The number of nitrogens with zero attached hydrogens (tertiary/aromatic N) is 3. The van der Waals surface area contributed by atoms with Crippen molar-refractivity contribution in [2.45, 2.75) is 6.42 Å². The number of pyridine rings is 1. The third-order valence-electron chi connectivity index (χ3n) is 5.02. The van der Waals surface area contributed by atoms with Crippen LogP contribution in [0.25, 0.3) is 10.9 Å². The van der Waals surface area contributed by atoms with Crippen LogP contribution < -0.4 is 0 Å². The van der Waals surface area contributed by atoms with Gasteiger partial charge in [-0.2, -0.15) is 0 Å². The molecule has 1 fully saturated rings. The van der Waals surface area contributed by atoms with Gasteiger partial charge in [-0.25, -0.2) is 4.98 Å². The topological polar surface area (TPSA) is 52.2 Å². The van der Waals surface area contributed by atoms with Gasteiger partial charge in [0.05, 0.1) is 5.52 Å². The molecule has 1 aliphatic heterocycles. The fraction of sp³-hybridized carbons (Fsp3) is 0.300. The van der Waals surface area contributed by atoms with Crippen LogP contribution in [0.5, 0.6) is 0 Å². The number of halogens is 1. The molecule has 1 N–H and O–H groups in total. The number of amides is 1. The molecule has 134 valence electrons. The number of carbonyl (C=O) groups is 1. The summed E-state index contributed by atoms with van der Waals surface area (Å²) in [7, 11) is 0. The van der Waals surface area contributed by atoms with Gasteiger partial charge in [0.15, 0.2) is 0 Å². The Morgan fingerprint density at radius 2 is 1.88 bits per heavy atom. The molecule has 26 heavy (non-hydrogen) atoms. The third kappa shape index (κ3) is 3.52.